The Morgan fingerprint density at radius 1 is 1.11 bits per heavy atom. The summed E-state index contributed by atoms with van der Waals surface area (Å²) in [5.74, 6) is 1.32. The van der Waals surface area contributed by atoms with Crippen LogP contribution in [0.3, 0.4) is 0 Å². The number of anilines is 1. The topological polar surface area (TPSA) is 92.9 Å². The minimum absolute atomic E-state index is 0.0409. The number of amides is 2. The number of benzene rings is 1. The zero-order valence-electron chi connectivity index (χ0n) is 28.3. The molecule has 9 heteroatoms. The molecule has 46 heavy (non-hydrogen) atoms. The summed E-state index contributed by atoms with van der Waals surface area (Å²) >= 11 is 0. The molecule has 5 rings (SSSR count). The first kappa shape index (κ1) is 34.0. The number of rotatable bonds is 10. The predicted molar refractivity (Wildman–Crippen MR) is 180 cm³/mol. The maximum absolute atomic E-state index is 12.7. The van der Waals surface area contributed by atoms with E-state index < -0.39 is 6.10 Å². The van der Waals surface area contributed by atoms with Crippen LogP contribution in [0.4, 0.5) is 10.5 Å². The van der Waals surface area contributed by atoms with Gasteiger partial charge in [0.25, 0.3) is 0 Å². The molecule has 3 heterocycles. The summed E-state index contributed by atoms with van der Waals surface area (Å²) in [5.41, 5.74) is 2.24. The number of nitrogens with zero attached hydrogens (tertiary/aromatic N) is 2. The number of allylic oxidation sites excluding steroid dienone is 3. The fourth-order valence-electron chi connectivity index (χ4n) is 7.06. The van der Waals surface area contributed by atoms with Gasteiger partial charge in [0.05, 0.1) is 31.0 Å². The quantitative estimate of drug-likeness (QED) is 0.186. The van der Waals surface area contributed by atoms with Gasteiger partial charge in [-0.25, -0.2) is 4.79 Å². The number of piperazine rings is 1. The van der Waals surface area contributed by atoms with Gasteiger partial charge in [-0.3, -0.25) is 4.79 Å². The lowest BCUT2D eigenvalue weighted by Gasteiger charge is -2.38. The third-order valence-electron chi connectivity index (χ3n) is 9.65. The number of ether oxygens (including phenoxy) is 4. The van der Waals surface area contributed by atoms with E-state index in [0.717, 1.165) is 76.1 Å². The van der Waals surface area contributed by atoms with E-state index in [1.54, 1.807) is 25.0 Å². The Labute approximate surface area is 274 Å². The van der Waals surface area contributed by atoms with E-state index in [0.29, 0.717) is 19.0 Å². The normalized spacial score (nSPS) is 28.8. The van der Waals surface area contributed by atoms with E-state index in [4.69, 9.17) is 18.9 Å². The molecule has 4 aliphatic rings. The SMILES string of the molecule is COc1cccc(N2CCN(C(=O)O[C@@H](C)/C=C\C(=O)NC3CCC(C/C=C(C)/C=C/[C@@H]4C[C@]5(CO5)CC(C)(C)O4)CC3)CC2)c1. The van der Waals surface area contributed by atoms with Gasteiger partial charge in [-0.05, 0) is 83.9 Å². The van der Waals surface area contributed by atoms with E-state index in [-0.39, 0.29) is 35.3 Å². The van der Waals surface area contributed by atoms with Crippen molar-refractivity contribution in [2.45, 2.75) is 102 Å². The van der Waals surface area contributed by atoms with Crippen molar-refractivity contribution in [3.63, 3.8) is 0 Å². The van der Waals surface area contributed by atoms with Gasteiger partial charge in [-0.15, -0.1) is 0 Å². The van der Waals surface area contributed by atoms with Crippen LogP contribution < -0.4 is 15.0 Å². The van der Waals surface area contributed by atoms with Crippen LogP contribution in [-0.2, 0) is 19.0 Å². The molecule has 1 spiro atoms. The number of nitrogens with one attached hydrogen (secondary N) is 1. The van der Waals surface area contributed by atoms with Crippen molar-refractivity contribution in [2.24, 2.45) is 5.92 Å². The first-order chi connectivity index (χ1) is 22.0. The molecule has 0 bridgehead atoms. The summed E-state index contributed by atoms with van der Waals surface area (Å²) in [7, 11) is 1.66. The van der Waals surface area contributed by atoms with Crippen molar-refractivity contribution in [3.8, 4) is 5.75 Å². The molecule has 3 aliphatic heterocycles. The highest BCUT2D eigenvalue weighted by molar-refractivity contribution is 5.87. The smallest absolute Gasteiger partial charge is 0.410 e. The van der Waals surface area contributed by atoms with Crippen LogP contribution >= 0.6 is 0 Å². The second kappa shape index (κ2) is 15.1. The van der Waals surface area contributed by atoms with Gasteiger partial charge in [-0.1, -0.05) is 29.9 Å². The number of hydrogen-bond acceptors (Lipinski definition) is 7. The van der Waals surface area contributed by atoms with Crippen LogP contribution in [0.15, 0.2) is 60.2 Å². The van der Waals surface area contributed by atoms with Gasteiger partial charge in [-0.2, -0.15) is 0 Å². The number of epoxide rings is 1. The molecule has 1 N–H and O–H groups in total. The fraction of sp³-hybridized carbons (Fsp3) is 0.622. The van der Waals surface area contributed by atoms with Crippen LogP contribution in [0, 0.1) is 5.92 Å². The van der Waals surface area contributed by atoms with Gasteiger partial charge in [0.15, 0.2) is 0 Å². The minimum atomic E-state index is -0.492. The second-order valence-electron chi connectivity index (χ2n) is 14.2. The Kier molecular flexibility index (Phi) is 11.2. The van der Waals surface area contributed by atoms with Crippen LogP contribution in [0.25, 0.3) is 0 Å². The number of methoxy groups -OCH3 is 1. The summed E-state index contributed by atoms with van der Waals surface area (Å²) < 4.78 is 23.0. The molecule has 2 amide bonds. The van der Waals surface area contributed by atoms with Crippen molar-refractivity contribution < 1.29 is 28.5 Å². The first-order valence-corrected chi connectivity index (χ1v) is 17.0. The molecule has 3 saturated heterocycles. The van der Waals surface area contributed by atoms with Gasteiger partial charge >= 0.3 is 6.09 Å². The Hall–Kier alpha value is -3.30. The van der Waals surface area contributed by atoms with E-state index in [9.17, 15) is 9.59 Å². The molecule has 9 nitrogen and oxygen atoms in total. The monoisotopic (exact) mass is 635 g/mol. The Morgan fingerprint density at radius 3 is 2.54 bits per heavy atom. The Balaban J connectivity index is 0.961. The summed E-state index contributed by atoms with van der Waals surface area (Å²) in [5, 5.41) is 3.14. The molecular formula is C37H53N3O6. The molecule has 1 saturated carbocycles. The molecule has 0 aromatic heterocycles. The third kappa shape index (κ3) is 9.85. The lowest BCUT2D eigenvalue weighted by Crippen LogP contribution is -2.49. The average Bonchev–Trinajstić information content (AvgIpc) is 3.78. The van der Waals surface area contributed by atoms with Crippen molar-refractivity contribution in [1.29, 1.82) is 0 Å². The number of carbonyl (C=O) groups is 2. The fourth-order valence-corrected chi connectivity index (χ4v) is 7.06. The zero-order valence-corrected chi connectivity index (χ0v) is 28.3. The van der Waals surface area contributed by atoms with E-state index in [1.807, 2.05) is 24.3 Å². The highest BCUT2D eigenvalue weighted by Gasteiger charge is 2.53. The highest BCUT2D eigenvalue weighted by Crippen LogP contribution is 2.46. The molecule has 1 aromatic rings. The maximum Gasteiger partial charge on any atom is 0.410 e. The maximum atomic E-state index is 12.7. The van der Waals surface area contributed by atoms with Crippen molar-refractivity contribution >= 4 is 17.7 Å². The first-order valence-electron chi connectivity index (χ1n) is 17.0. The number of hydrogen-bond donors (Lipinski definition) is 1. The molecule has 0 radical (unpaired) electrons. The summed E-state index contributed by atoms with van der Waals surface area (Å²) in [6.07, 6.45) is 16.3. The van der Waals surface area contributed by atoms with E-state index >= 15 is 0 Å². The Morgan fingerprint density at radius 2 is 1.85 bits per heavy atom. The molecule has 3 atom stereocenters. The van der Waals surface area contributed by atoms with Gasteiger partial charge in [0, 0.05) is 62.9 Å². The summed E-state index contributed by atoms with van der Waals surface area (Å²) in [6, 6.07) is 8.12. The van der Waals surface area contributed by atoms with E-state index in [2.05, 4.69) is 49.2 Å². The lowest BCUT2D eigenvalue weighted by atomic mass is 9.83. The summed E-state index contributed by atoms with van der Waals surface area (Å²) in [6.45, 7) is 11.7. The largest absolute Gasteiger partial charge is 0.497 e. The lowest BCUT2D eigenvalue weighted by molar-refractivity contribution is -0.117. The standard InChI is InChI=1S/C37H53N3O6/c1-27(10-17-33-24-37(26-44-37)25-36(3,4)46-33)9-12-29-13-15-30(16-14-29)38-34(41)18-11-28(2)45-35(42)40-21-19-39(20-22-40)31-7-6-8-32(23-31)43-5/h6-11,17-18,23,28-30,33H,12-16,19-22,24-26H2,1-5H3,(H,38,41)/b17-10+,18-11-,27-9+/t28-,29?,30?,33+,37+/m0/s1. The highest BCUT2D eigenvalue weighted by atomic mass is 16.6. The third-order valence-corrected chi connectivity index (χ3v) is 9.65. The molecule has 1 aliphatic carbocycles. The van der Waals surface area contributed by atoms with Crippen LogP contribution in [0.2, 0.25) is 0 Å². The molecule has 0 unspecified atom stereocenters. The van der Waals surface area contributed by atoms with Gasteiger partial charge in [0.2, 0.25) is 5.91 Å². The molecule has 4 fully saturated rings. The van der Waals surface area contributed by atoms with Crippen molar-refractivity contribution in [1.82, 2.24) is 10.2 Å². The number of carbonyl (C=O) groups excluding carboxylic acids is 2. The summed E-state index contributed by atoms with van der Waals surface area (Å²) in [4.78, 5) is 29.3. The molecular weight excluding hydrogens is 582 g/mol. The average molecular weight is 636 g/mol. The predicted octanol–water partition coefficient (Wildman–Crippen LogP) is 6.19. The van der Waals surface area contributed by atoms with Gasteiger partial charge < -0.3 is 34.1 Å². The minimum Gasteiger partial charge on any atom is -0.497 e. The van der Waals surface area contributed by atoms with Crippen molar-refractivity contribution in [2.75, 3.05) is 44.8 Å². The van der Waals surface area contributed by atoms with Crippen LogP contribution in [-0.4, -0.2) is 86.2 Å². The van der Waals surface area contributed by atoms with E-state index in [1.165, 1.54) is 11.6 Å². The van der Waals surface area contributed by atoms with Crippen LogP contribution in [0.1, 0.15) is 72.6 Å². The van der Waals surface area contributed by atoms with Crippen LogP contribution in [0.5, 0.6) is 5.75 Å². The molecule has 1 aromatic carbocycles. The van der Waals surface area contributed by atoms with Crippen molar-refractivity contribution in [3.05, 3.63) is 60.2 Å². The second-order valence-corrected chi connectivity index (χ2v) is 14.2. The molecule has 252 valence electrons. The zero-order chi connectivity index (χ0) is 32.7. The van der Waals surface area contributed by atoms with Gasteiger partial charge in [0.1, 0.15) is 11.9 Å². The Bertz CT molecular complexity index is 1280.